The third-order valence-corrected chi connectivity index (χ3v) is 8.09. The maximum absolute atomic E-state index is 15.5. The SMILES string of the molecule is Cc1oc(C)c(-c2nc(N(C)C(=O)[C@@H](CC(=O)O)Cc3ccccc3)sc2F)c1-c1ccc(N2CCCC2=O)nc1. The van der Waals surface area contributed by atoms with Gasteiger partial charge >= 0.3 is 5.97 Å². The predicted molar refractivity (Wildman–Crippen MR) is 153 cm³/mol. The van der Waals surface area contributed by atoms with Gasteiger partial charge in [0.2, 0.25) is 16.9 Å². The van der Waals surface area contributed by atoms with E-state index in [0.717, 1.165) is 12.0 Å². The highest BCUT2D eigenvalue weighted by molar-refractivity contribution is 7.14. The van der Waals surface area contributed by atoms with Gasteiger partial charge < -0.3 is 9.52 Å². The van der Waals surface area contributed by atoms with Gasteiger partial charge in [0, 0.05) is 37.3 Å². The van der Waals surface area contributed by atoms with Gasteiger partial charge in [-0.25, -0.2) is 9.97 Å². The van der Waals surface area contributed by atoms with E-state index in [1.54, 1.807) is 31.0 Å². The lowest BCUT2D eigenvalue weighted by Crippen LogP contribution is -2.35. The minimum atomic E-state index is -1.10. The van der Waals surface area contributed by atoms with E-state index in [0.29, 0.717) is 58.3 Å². The van der Waals surface area contributed by atoms with Gasteiger partial charge in [0.05, 0.1) is 17.9 Å². The normalized spacial score (nSPS) is 14.0. The lowest BCUT2D eigenvalue weighted by molar-refractivity contribution is -0.140. The van der Waals surface area contributed by atoms with Crippen LogP contribution in [0.2, 0.25) is 0 Å². The van der Waals surface area contributed by atoms with E-state index in [1.165, 1.54) is 11.9 Å². The molecule has 0 saturated carbocycles. The van der Waals surface area contributed by atoms with Crippen molar-refractivity contribution in [2.75, 3.05) is 23.4 Å². The summed E-state index contributed by atoms with van der Waals surface area (Å²) in [6.07, 6.45) is 2.78. The Morgan fingerprint density at radius 2 is 1.88 bits per heavy atom. The van der Waals surface area contributed by atoms with Gasteiger partial charge in [-0.15, -0.1) is 0 Å². The number of hydrogen-bond donors (Lipinski definition) is 1. The zero-order valence-corrected chi connectivity index (χ0v) is 23.7. The summed E-state index contributed by atoms with van der Waals surface area (Å²) in [5.41, 5.74) is 2.60. The second kappa shape index (κ2) is 11.6. The maximum atomic E-state index is 15.5. The molecule has 1 saturated heterocycles. The molecule has 11 heteroatoms. The maximum Gasteiger partial charge on any atom is 0.304 e. The van der Waals surface area contributed by atoms with E-state index >= 15 is 4.39 Å². The quantitative estimate of drug-likeness (QED) is 0.274. The highest BCUT2D eigenvalue weighted by atomic mass is 32.1. The second-order valence-corrected chi connectivity index (χ2v) is 10.9. The molecule has 4 heterocycles. The van der Waals surface area contributed by atoms with Crippen LogP contribution in [0.4, 0.5) is 15.3 Å². The van der Waals surface area contributed by atoms with Crippen LogP contribution >= 0.6 is 11.3 Å². The Balaban J connectivity index is 1.45. The summed E-state index contributed by atoms with van der Waals surface area (Å²) in [7, 11) is 1.47. The zero-order valence-electron chi connectivity index (χ0n) is 22.9. The number of pyridine rings is 1. The number of thiazole rings is 1. The first-order chi connectivity index (χ1) is 19.6. The molecular weight excluding hydrogens is 547 g/mol. The van der Waals surface area contributed by atoms with Crippen molar-refractivity contribution in [2.45, 2.75) is 39.5 Å². The van der Waals surface area contributed by atoms with E-state index in [2.05, 4.69) is 9.97 Å². The molecule has 0 radical (unpaired) electrons. The van der Waals surface area contributed by atoms with Crippen LogP contribution in [0.5, 0.6) is 0 Å². The monoisotopic (exact) mass is 576 g/mol. The molecule has 0 aliphatic carbocycles. The number of carbonyl (C=O) groups is 3. The number of benzene rings is 1. The summed E-state index contributed by atoms with van der Waals surface area (Å²) in [6, 6.07) is 12.7. The number of aromatic nitrogens is 2. The molecule has 0 bridgehead atoms. The van der Waals surface area contributed by atoms with E-state index in [1.807, 2.05) is 36.4 Å². The van der Waals surface area contributed by atoms with Crippen LogP contribution in [0.3, 0.4) is 0 Å². The highest BCUT2D eigenvalue weighted by Gasteiger charge is 2.31. The Bertz CT molecular complexity index is 1600. The molecule has 0 spiro atoms. The average Bonchev–Trinajstić information content (AvgIpc) is 3.63. The number of aryl methyl sites for hydroxylation is 2. The summed E-state index contributed by atoms with van der Waals surface area (Å²) in [6.45, 7) is 4.11. The predicted octanol–water partition coefficient (Wildman–Crippen LogP) is 5.64. The van der Waals surface area contributed by atoms with Crippen molar-refractivity contribution in [3.63, 3.8) is 0 Å². The summed E-state index contributed by atoms with van der Waals surface area (Å²) in [5, 5.41) is 8.95. The highest BCUT2D eigenvalue weighted by Crippen LogP contribution is 2.42. The summed E-state index contributed by atoms with van der Waals surface area (Å²) in [4.78, 5) is 48.9. The molecule has 1 aliphatic rings. The first kappa shape index (κ1) is 28.2. The Kier molecular flexibility index (Phi) is 7.98. The van der Waals surface area contributed by atoms with Gasteiger partial charge in [-0.2, -0.15) is 4.39 Å². The molecule has 1 fully saturated rings. The lowest BCUT2D eigenvalue weighted by Gasteiger charge is -2.21. The van der Waals surface area contributed by atoms with Crippen LogP contribution in [-0.4, -0.2) is 46.5 Å². The molecule has 1 aliphatic heterocycles. The third-order valence-electron chi connectivity index (χ3n) is 7.17. The Morgan fingerprint density at radius 1 is 1.15 bits per heavy atom. The molecular formula is C30H29FN4O5S. The van der Waals surface area contributed by atoms with Crippen molar-refractivity contribution in [1.82, 2.24) is 9.97 Å². The molecule has 212 valence electrons. The number of hydrogen-bond acceptors (Lipinski definition) is 7. The minimum absolute atomic E-state index is 0.0330. The summed E-state index contributed by atoms with van der Waals surface area (Å²) in [5.74, 6) is -0.817. The van der Waals surface area contributed by atoms with Crippen LogP contribution in [-0.2, 0) is 20.8 Å². The molecule has 1 N–H and O–H groups in total. The first-order valence-electron chi connectivity index (χ1n) is 13.2. The molecule has 9 nitrogen and oxygen atoms in total. The minimum Gasteiger partial charge on any atom is -0.481 e. The van der Waals surface area contributed by atoms with Crippen molar-refractivity contribution < 1.29 is 28.3 Å². The van der Waals surface area contributed by atoms with Gasteiger partial charge in [0.15, 0.2) is 5.13 Å². The van der Waals surface area contributed by atoms with Gasteiger partial charge in [0.25, 0.3) is 0 Å². The van der Waals surface area contributed by atoms with Crippen molar-refractivity contribution >= 4 is 40.1 Å². The Hall–Kier alpha value is -4.38. The molecule has 3 aromatic heterocycles. The van der Waals surface area contributed by atoms with Crippen molar-refractivity contribution in [3.8, 4) is 22.4 Å². The van der Waals surface area contributed by atoms with Gasteiger partial charge in [-0.3, -0.25) is 24.2 Å². The Labute approximate surface area is 240 Å². The second-order valence-electron chi connectivity index (χ2n) is 10.0. The number of nitrogens with zero attached hydrogens (tertiary/aromatic N) is 4. The Morgan fingerprint density at radius 3 is 2.51 bits per heavy atom. The number of anilines is 2. The van der Waals surface area contributed by atoms with Crippen LogP contribution in [0.25, 0.3) is 22.4 Å². The molecule has 41 heavy (non-hydrogen) atoms. The van der Waals surface area contributed by atoms with E-state index in [-0.39, 0.29) is 29.6 Å². The fourth-order valence-electron chi connectivity index (χ4n) is 5.21. The smallest absolute Gasteiger partial charge is 0.304 e. The number of carbonyl (C=O) groups excluding carboxylic acids is 2. The fraction of sp³-hybridized carbons (Fsp3) is 0.300. The zero-order chi connectivity index (χ0) is 29.3. The number of carboxylic acids is 1. The summed E-state index contributed by atoms with van der Waals surface area (Å²) >= 11 is 0.708. The number of furan rings is 1. The van der Waals surface area contributed by atoms with Crippen molar-refractivity contribution in [2.24, 2.45) is 5.92 Å². The van der Waals surface area contributed by atoms with Crippen LogP contribution < -0.4 is 9.80 Å². The topological polar surface area (TPSA) is 117 Å². The number of halogens is 1. The molecule has 5 rings (SSSR count). The van der Waals surface area contributed by atoms with Crippen molar-refractivity contribution in [3.05, 3.63) is 70.9 Å². The summed E-state index contributed by atoms with van der Waals surface area (Å²) < 4.78 is 21.4. The van der Waals surface area contributed by atoms with Gasteiger partial charge in [-0.1, -0.05) is 41.7 Å². The standard InChI is InChI=1S/C30H29FN4O5S/c1-17-25(20-11-12-22(32-16-20)35-13-7-10-23(35)36)26(18(2)40-17)27-28(31)41-30(33-27)34(3)29(39)21(15-24(37)38)14-19-8-5-4-6-9-19/h4-6,8-9,11-12,16,21H,7,10,13-15H2,1-3H3,(H,37,38)/t21-/m1/s1. The van der Waals surface area contributed by atoms with Gasteiger partial charge in [0.1, 0.15) is 23.0 Å². The largest absolute Gasteiger partial charge is 0.481 e. The van der Waals surface area contributed by atoms with Crippen LogP contribution in [0.1, 0.15) is 36.3 Å². The van der Waals surface area contributed by atoms with Crippen molar-refractivity contribution in [1.29, 1.82) is 0 Å². The van der Waals surface area contributed by atoms with Crippen LogP contribution in [0.15, 0.2) is 53.1 Å². The fourth-order valence-corrected chi connectivity index (χ4v) is 5.98. The van der Waals surface area contributed by atoms with E-state index in [9.17, 15) is 19.5 Å². The van der Waals surface area contributed by atoms with Gasteiger partial charge in [-0.05, 0) is 44.4 Å². The molecule has 4 aromatic rings. The number of carboxylic acid groups (broad SMARTS) is 1. The lowest BCUT2D eigenvalue weighted by atomic mass is 9.95. The number of amides is 2. The number of aliphatic carboxylic acids is 1. The number of rotatable bonds is 9. The molecule has 1 aromatic carbocycles. The first-order valence-corrected chi connectivity index (χ1v) is 14.0. The average molecular weight is 577 g/mol. The third kappa shape index (κ3) is 5.76. The molecule has 1 atom stereocenters. The molecule has 0 unspecified atom stereocenters. The van der Waals surface area contributed by atoms with E-state index in [4.69, 9.17) is 4.42 Å². The molecule has 2 amide bonds. The van der Waals surface area contributed by atoms with E-state index < -0.39 is 22.9 Å². The van der Waals surface area contributed by atoms with Crippen LogP contribution in [0, 0.1) is 24.9 Å².